The first-order chi connectivity index (χ1) is 9.93. The van der Waals surface area contributed by atoms with Crippen molar-refractivity contribution in [2.45, 2.75) is 24.9 Å². The van der Waals surface area contributed by atoms with Gasteiger partial charge in [0.2, 0.25) is 0 Å². The van der Waals surface area contributed by atoms with E-state index >= 15 is 0 Å². The van der Waals surface area contributed by atoms with Crippen molar-refractivity contribution in [3.8, 4) is 0 Å². The van der Waals surface area contributed by atoms with Gasteiger partial charge in [-0.2, -0.15) is 0 Å². The standard InChI is InChI=1S/C12H14N2O7/c1-2-20-5-8-7(15)3-9(21-8)14-4-6(11(17)18)10(16)13-12(14)19/h2,4,7-9,15H,1,3,5H2,(H,17,18)(H,13,16,19)/t7-,8+,9+/m0/s1. The third kappa shape index (κ3) is 3.03. The Morgan fingerprint density at radius 3 is 2.95 bits per heavy atom. The van der Waals surface area contributed by atoms with Crippen LogP contribution in [0.4, 0.5) is 0 Å². The minimum absolute atomic E-state index is 0.0467. The van der Waals surface area contributed by atoms with Crippen molar-refractivity contribution in [2.24, 2.45) is 0 Å². The van der Waals surface area contributed by atoms with Crippen LogP contribution in [0.15, 0.2) is 28.6 Å². The number of nitrogens with zero attached hydrogens (tertiary/aromatic N) is 1. The number of hydrogen-bond acceptors (Lipinski definition) is 6. The summed E-state index contributed by atoms with van der Waals surface area (Å²) in [7, 11) is 0. The fourth-order valence-corrected chi connectivity index (χ4v) is 2.05. The lowest BCUT2D eigenvalue weighted by atomic mass is 10.2. The topological polar surface area (TPSA) is 131 Å². The maximum absolute atomic E-state index is 11.7. The molecule has 3 atom stereocenters. The Kier molecular flexibility index (Phi) is 4.24. The van der Waals surface area contributed by atoms with Crippen molar-refractivity contribution in [3.63, 3.8) is 0 Å². The van der Waals surface area contributed by atoms with Crippen molar-refractivity contribution >= 4 is 5.97 Å². The molecular formula is C12H14N2O7. The molecule has 0 bridgehead atoms. The minimum atomic E-state index is -1.46. The number of carboxylic acids is 1. The second-order valence-corrected chi connectivity index (χ2v) is 4.45. The lowest BCUT2D eigenvalue weighted by molar-refractivity contribution is -0.0485. The number of aromatic nitrogens is 2. The fraction of sp³-hybridized carbons (Fsp3) is 0.417. The van der Waals surface area contributed by atoms with E-state index in [2.05, 4.69) is 6.58 Å². The molecule has 1 fully saturated rings. The molecule has 1 aliphatic rings. The summed E-state index contributed by atoms with van der Waals surface area (Å²) in [5.41, 5.74) is -2.39. The number of aliphatic hydroxyl groups excluding tert-OH is 1. The van der Waals surface area contributed by atoms with Gasteiger partial charge in [-0.25, -0.2) is 9.59 Å². The molecule has 1 saturated heterocycles. The molecule has 2 rings (SSSR count). The van der Waals surface area contributed by atoms with Crippen molar-refractivity contribution in [2.75, 3.05) is 6.61 Å². The Balaban J connectivity index is 2.29. The van der Waals surface area contributed by atoms with Crippen LogP contribution in [0.3, 0.4) is 0 Å². The number of aromatic amines is 1. The molecular weight excluding hydrogens is 284 g/mol. The van der Waals surface area contributed by atoms with Gasteiger partial charge >= 0.3 is 11.7 Å². The number of carbonyl (C=O) groups is 1. The molecule has 0 aromatic carbocycles. The first-order valence-corrected chi connectivity index (χ1v) is 6.08. The third-order valence-corrected chi connectivity index (χ3v) is 3.09. The van der Waals surface area contributed by atoms with Crippen LogP contribution in [0.1, 0.15) is 23.0 Å². The van der Waals surface area contributed by atoms with Crippen LogP contribution >= 0.6 is 0 Å². The van der Waals surface area contributed by atoms with Crippen LogP contribution < -0.4 is 11.2 Å². The first kappa shape index (κ1) is 15.0. The number of nitrogens with one attached hydrogen (secondary N) is 1. The van der Waals surface area contributed by atoms with Crippen LogP contribution in [-0.2, 0) is 9.47 Å². The van der Waals surface area contributed by atoms with Crippen molar-refractivity contribution < 1.29 is 24.5 Å². The first-order valence-electron chi connectivity index (χ1n) is 6.08. The lowest BCUT2D eigenvalue weighted by Gasteiger charge is -2.15. The maximum atomic E-state index is 11.7. The van der Waals surface area contributed by atoms with E-state index in [0.717, 1.165) is 10.8 Å². The smallest absolute Gasteiger partial charge is 0.342 e. The number of aromatic carboxylic acids is 1. The monoisotopic (exact) mass is 298 g/mol. The van der Waals surface area contributed by atoms with E-state index in [-0.39, 0.29) is 13.0 Å². The molecule has 9 heteroatoms. The summed E-state index contributed by atoms with van der Waals surface area (Å²) in [6, 6.07) is 0. The zero-order valence-electron chi connectivity index (χ0n) is 10.9. The van der Waals surface area contributed by atoms with Crippen LogP contribution in [0.25, 0.3) is 0 Å². The van der Waals surface area contributed by atoms with E-state index in [4.69, 9.17) is 14.6 Å². The zero-order valence-corrected chi connectivity index (χ0v) is 10.9. The molecule has 0 amide bonds. The molecule has 0 radical (unpaired) electrons. The predicted molar refractivity (Wildman–Crippen MR) is 69.0 cm³/mol. The highest BCUT2D eigenvalue weighted by Crippen LogP contribution is 2.27. The van der Waals surface area contributed by atoms with Crippen molar-refractivity contribution in [1.82, 2.24) is 9.55 Å². The van der Waals surface area contributed by atoms with Gasteiger partial charge in [0.1, 0.15) is 24.5 Å². The van der Waals surface area contributed by atoms with E-state index < -0.39 is 41.2 Å². The molecule has 9 nitrogen and oxygen atoms in total. The third-order valence-electron chi connectivity index (χ3n) is 3.09. The van der Waals surface area contributed by atoms with Crippen LogP contribution in [0.2, 0.25) is 0 Å². The Bertz CT molecular complexity index is 662. The van der Waals surface area contributed by atoms with Crippen LogP contribution in [0.5, 0.6) is 0 Å². The normalized spacial score (nSPS) is 24.7. The molecule has 1 aliphatic heterocycles. The Morgan fingerprint density at radius 2 is 2.33 bits per heavy atom. The number of hydrogen-bond donors (Lipinski definition) is 3. The Hall–Kier alpha value is -2.39. The van der Waals surface area contributed by atoms with Gasteiger partial charge in [0.25, 0.3) is 5.56 Å². The van der Waals surface area contributed by atoms with Crippen LogP contribution in [-0.4, -0.2) is 44.5 Å². The largest absolute Gasteiger partial charge is 0.499 e. The van der Waals surface area contributed by atoms with E-state index in [0.29, 0.717) is 0 Å². The van der Waals surface area contributed by atoms with E-state index in [1.807, 2.05) is 4.98 Å². The SMILES string of the molecule is C=COC[C@H]1O[C@@H](n2cc(C(=O)O)c(=O)[nH]c2=O)C[C@@H]1O. The Morgan fingerprint density at radius 1 is 1.62 bits per heavy atom. The number of H-pyrrole nitrogens is 1. The summed E-state index contributed by atoms with van der Waals surface area (Å²) >= 11 is 0. The average Bonchev–Trinajstić information content (AvgIpc) is 2.77. The van der Waals surface area contributed by atoms with Crippen molar-refractivity contribution in [3.05, 3.63) is 45.4 Å². The summed E-state index contributed by atoms with van der Waals surface area (Å²) in [6.45, 7) is 3.41. The van der Waals surface area contributed by atoms with E-state index in [1.165, 1.54) is 6.26 Å². The summed E-state index contributed by atoms with van der Waals surface area (Å²) < 4.78 is 11.3. The molecule has 3 N–H and O–H groups in total. The molecule has 0 saturated carbocycles. The van der Waals surface area contributed by atoms with Crippen molar-refractivity contribution in [1.29, 1.82) is 0 Å². The molecule has 21 heavy (non-hydrogen) atoms. The van der Waals surface area contributed by atoms with E-state index in [1.54, 1.807) is 0 Å². The maximum Gasteiger partial charge on any atom is 0.342 e. The van der Waals surface area contributed by atoms with Gasteiger partial charge in [0.15, 0.2) is 0 Å². The predicted octanol–water partition coefficient (Wildman–Crippen LogP) is -0.957. The second kappa shape index (κ2) is 5.94. The summed E-state index contributed by atoms with van der Waals surface area (Å²) in [5.74, 6) is -1.46. The molecule has 0 unspecified atom stereocenters. The summed E-state index contributed by atoms with van der Waals surface area (Å²) in [6.07, 6.45) is -0.297. The van der Waals surface area contributed by atoms with Gasteiger partial charge in [0.05, 0.1) is 12.4 Å². The van der Waals surface area contributed by atoms with Gasteiger partial charge in [-0.15, -0.1) is 0 Å². The highest BCUT2D eigenvalue weighted by Gasteiger charge is 2.36. The van der Waals surface area contributed by atoms with Gasteiger partial charge in [-0.3, -0.25) is 14.3 Å². The molecule has 1 aromatic rings. The molecule has 0 spiro atoms. The Labute approximate surface area is 118 Å². The highest BCUT2D eigenvalue weighted by molar-refractivity contribution is 5.86. The van der Waals surface area contributed by atoms with E-state index in [9.17, 15) is 19.5 Å². The zero-order chi connectivity index (χ0) is 15.6. The molecule has 1 aromatic heterocycles. The highest BCUT2D eigenvalue weighted by atomic mass is 16.6. The average molecular weight is 298 g/mol. The molecule has 114 valence electrons. The van der Waals surface area contributed by atoms with Gasteiger partial charge in [-0.1, -0.05) is 6.58 Å². The number of carboxylic acid groups (broad SMARTS) is 1. The summed E-state index contributed by atoms with van der Waals surface area (Å²) in [5, 5.41) is 18.7. The number of rotatable bonds is 5. The fourth-order valence-electron chi connectivity index (χ4n) is 2.05. The molecule has 2 heterocycles. The van der Waals surface area contributed by atoms with Gasteiger partial charge in [-0.05, 0) is 0 Å². The second-order valence-electron chi connectivity index (χ2n) is 4.45. The summed E-state index contributed by atoms with van der Waals surface area (Å²) in [4.78, 5) is 35.9. The van der Waals surface area contributed by atoms with Gasteiger partial charge < -0.3 is 19.7 Å². The van der Waals surface area contributed by atoms with Crippen LogP contribution in [0, 0.1) is 0 Å². The quantitative estimate of drug-likeness (QED) is 0.597. The molecule has 0 aliphatic carbocycles. The lowest BCUT2D eigenvalue weighted by Crippen LogP contribution is -2.35. The number of ether oxygens (including phenoxy) is 2. The van der Waals surface area contributed by atoms with Gasteiger partial charge in [0, 0.05) is 12.6 Å². The number of aliphatic hydroxyl groups is 1. The minimum Gasteiger partial charge on any atom is -0.499 e.